The Labute approximate surface area is 129 Å². The summed E-state index contributed by atoms with van der Waals surface area (Å²) in [4.78, 5) is 2.43. The van der Waals surface area contributed by atoms with Crippen molar-refractivity contribution in [2.24, 2.45) is 0 Å². The van der Waals surface area contributed by atoms with Gasteiger partial charge in [0.1, 0.15) is 5.75 Å². The average molecular weight is 293 g/mol. The molecule has 1 unspecified atom stereocenters. The van der Waals surface area contributed by atoms with Crippen LogP contribution < -0.4 is 4.74 Å². The number of aliphatic hydroxyl groups is 1. The van der Waals surface area contributed by atoms with Crippen molar-refractivity contribution in [1.82, 2.24) is 4.90 Å². The van der Waals surface area contributed by atoms with Crippen LogP contribution in [0.1, 0.15) is 58.6 Å². The van der Waals surface area contributed by atoms with Crippen LogP contribution in [-0.4, -0.2) is 35.7 Å². The molecule has 0 spiro atoms. The Morgan fingerprint density at radius 1 is 1.00 bits per heavy atom. The number of hydrogen-bond donors (Lipinski definition) is 1. The van der Waals surface area contributed by atoms with Crippen LogP contribution >= 0.6 is 0 Å². The number of rotatable bonds is 10. The third-order valence-corrected chi connectivity index (χ3v) is 3.44. The first-order chi connectivity index (χ1) is 10.1. The molecule has 21 heavy (non-hydrogen) atoms. The standard InChI is InChI=1S/C18H31NO2/c1-5-12-19(13-6-2)14-11-18(20)16-7-9-17(10-8-16)21-15(3)4/h7-10,15,18,20H,5-6,11-14H2,1-4H3. The van der Waals surface area contributed by atoms with Crippen molar-refractivity contribution in [3.8, 4) is 5.75 Å². The number of ether oxygens (including phenoxy) is 1. The monoisotopic (exact) mass is 293 g/mol. The van der Waals surface area contributed by atoms with Gasteiger partial charge in [-0.15, -0.1) is 0 Å². The molecule has 0 aliphatic carbocycles. The lowest BCUT2D eigenvalue weighted by atomic mass is 10.1. The quantitative estimate of drug-likeness (QED) is 0.707. The lowest BCUT2D eigenvalue weighted by Crippen LogP contribution is -2.27. The Balaban J connectivity index is 2.48. The summed E-state index contributed by atoms with van der Waals surface area (Å²) in [5, 5.41) is 10.3. The fraction of sp³-hybridized carbons (Fsp3) is 0.667. The van der Waals surface area contributed by atoms with E-state index in [0.717, 1.165) is 50.2 Å². The Hall–Kier alpha value is -1.06. The lowest BCUT2D eigenvalue weighted by molar-refractivity contribution is 0.141. The summed E-state index contributed by atoms with van der Waals surface area (Å²) in [5.41, 5.74) is 0.971. The van der Waals surface area contributed by atoms with Crippen molar-refractivity contribution in [3.63, 3.8) is 0 Å². The van der Waals surface area contributed by atoms with E-state index in [4.69, 9.17) is 4.74 Å². The maximum Gasteiger partial charge on any atom is 0.119 e. The van der Waals surface area contributed by atoms with Gasteiger partial charge in [0.05, 0.1) is 12.2 Å². The van der Waals surface area contributed by atoms with E-state index in [2.05, 4.69) is 18.7 Å². The summed E-state index contributed by atoms with van der Waals surface area (Å²) >= 11 is 0. The maximum atomic E-state index is 10.3. The fourth-order valence-corrected chi connectivity index (χ4v) is 2.48. The summed E-state index contributed by atoms with van der Waals surface area (Å²) in [5.74, 6) is 0.861. The molecule has 1 N–H and O–H groups in total. The van der Waals surface area contributed by atoms with E-state index in [9.17, 15) is 5.11 Å². The maximum absolute atomic E-state index is 10.3. The Morgan fingerprint density at radius 3 is 2.05 bits per heavy atom. The molecule has 0 aromatic heterocycles. The van der Waals surface area contributed by atoms with Crippen LogP contribution in [-0.2, 0) is 0 Å². The zero-order chi connectivity index (χ0) is 15.7. The Morgan fingerprint density at radius 2 is 1.57 bits per heavy atom. The van der Waals surface area contributed by atoms with Gasteiger partial charge in [0.25, 0.3) is 0 Å². The van der Waals surface area contributed by atoms with Gasteiger partial charge in [-0.25, -0.2) is 0 Å². The van der Waals surface area contributed by atoms with Gasteiger partial charge in [0.2, 0.25) is 0 Å². The molecule has 1 aromatic carbocycles. The molecule has 3 heteroatoms. The Bertz CT molecular complexity index is 369. The number of nitrogens with zero attached hydrogens (tertiary/aromatic N) is 1. The van der Waals surface area contributed by atoms with Crippen molar-refractivity contribution >= 4 is 0 Å². The molecule has 1 aromatic rings. The minimum Gasteiger partial charge on any atom is -0.491 e. The van der Waals surface area contributed by atoms with E-state index in [1.807, 2.05) is 38.1 Å². The van der Waals surface area contributed by atoms with E-state index in [1.54, 1.807) is 0 Å². The summed E-state index contributed by atoms with van der Waals surface area (Å²) in [6, 6.07) is 7.81. The molecule has 1 atom stereocenters. The zero-order valence-electron chi connectivity index (χ0n) is 14.0. The minimum atomic E-state index is -0.394. The van der Waals surface area contributed by atoms with Crippen LogP contribution in [0.5, 0.6) is 5.75 Å². The van der Waals surface area contributed by atoms with Crippen LogP contribution in [0, 0.1) is 0 Å². The van der Waals surface area contributed by atoms with Crippen LogP contribution in [0.25, 0.3) is 0 Å². The third kappa shape index (κ3) is 6.96. The molecular formula is C18H31NO2. The molecule has 0 radical (unpaired) electrons. The number of hydrogen-bond acceptors (Lipinski definition) is 3. The number of benzene rings is 1. The van der Waals surface area contributed by atoms with E-state index in [0.29, 0.717) is 0 Å². The highest BCUT2D eigenvalue weighted by atomic mass is 16.5. The molecular weight excluding hydrogens is 262 g/mol. The van der Waals surface area contributed by atoms with Crippen molar-refractivity contribution in [1.29, 1.82) is 0 Å². The summed E-state index contributed by atoms with van der Waals surface area (Å²) in [7, 11) is 0. The van der Waals surface area contributed by atoms with Gasteiger partial charge in [0, 0.05) is 6.54 Å². The van der Waals surface area contributed by atoms with Crippen LogP contribution in [0.2, 0.25) is 0 Å². The van der Waals surface area contributed by atoms with E-state index in [1.165, 1.54) is 0 Å². The van der Waals surface area contributed by atoms with Gasteiger partial charge >= 0.3 is 0 Å². The molecule has 120 valence electrons. The second kappa shape index (κ2) is 9.80. The lowest BCUT2D eigenvalue weighted by Gasteiger charge is -2.22. The minimum absolute atomic E-state index is 0.178. The van der Waals surface area contributed by atoms with Gasteiger partial charge in [0.15, 0.2) is 0 Å². The first-order valence-corrected chi connectivity index (χ1v) is 8.23. The molecule has 3 nitrogen and oxygen atoms in total. The predicted molar refractivity (Wildman–Crippen MR) is 88.8 cm³/mol. The molecule has 0 saturated heterocycles. The molecule has 0 heterocycles. The summed E-state index contributed by atoms with van der Waals surface area (Å²) in [6.45, 7) is 11.6. The predicted octanol–water partition coefficient (Wildman–Crippen LogP) is 4.02. The SMILES string of the molecule is CCCN(CCC)CCC(O)c1ccc(OC(C)C)cc1. The van der Waals surface area contributed by atoms with Gasteiger partial charge in [-0.2, -0.15) is 0 Å². The van der Waals surface area contributed by atoms with Crippen LogP contribution in [0.15, 0.2) is 24.3 Å². The molecule has 1 rings (SSSR count). The van der Waals surface area contributed by atoms with Crippen molar-refractivity contribution in [2.45, 2.75) is 59.2 Å². The van der Waals surface area contributed by atoms with Crippen molar-refractivity contribution < 1.29 is 9.84 Å². The largest absolute Gasteiger partial charge is 0.491 e. The second-order valence-corrected chi connectivity index (χ2v) is 5.88. The van der Waals surface area contributed by atoms with Gasteiger partial charge in [-0.05, 0) is 63.9 Å². The highest BCUT2D eigenvalue weighted by molar-refractivity contribution is 5.28. The first kappa shape index (κ1) is 18.0. The molecule has 0 aliphatic heterocycles. The molecule has 0 aliphatic rings. The fourth-order valence-electron chi connectivity index (χ4n) is 2.48. The van der Waals surface area contributed by atoms with Gasteiger partial charge in [-0.3, -0.25) is 0 Å². The third-order valence-electron chi connectivity index (χ3n) is 3.44. The summed E-state index contributed by atoms with van der Waals surface area (Å²) in [6.07, 6.45) is 2.89. The number of aliphatic hydroxyl groups excluding tert-OH is 1. The average Bonchev–Trinajstić information content (AvgIpc) is 2.45. The molecule has 0 amide bonds. The van der Waals surface area contributed by atoms with Crippen molar-refractivity contribution in [2.75, 3.05) is 19.6 Å². The van der Waals surface area contributed by atoms with Crippen LogP contribution in [0.3, 0.4) is 0 Å². The highest BCUT2D eigenvalue weighted by Crippen LogP contribution is 2.21. The second-order valence-electron chi connectivity index (χ2n) is 5.88. The molecule has 0 fully saturated rings. The van der Waals surface area contributed by atoms with Crippen molar-refractivity contribution in [3.05, 3.63) is 29.8 Å². The van der Waals surface area contributed by atoms with Gasteiger partial charge < -0.3 is 14.7 Å². The topological polar surface area (TPSA) is 32.7 Å². The highest BCUT2D eigenvalue weighted by Gasteiger charge is 2.10. The Kier molecular flexibility index (Phi) is 8.40. The van der Waals surface area contributed by atoms with E-state index < -0.39 is 6.10 Å². The normalized spacial score (nSPS) is 12.9. The molecule has 0 saturated carbocycles. The smallest absolute Gasteiger partial charge is 0.119 e. The van der Waals surface area contributed by atoms with Gasteiger partial charge in [-0.1, -0.05) is 26.0 Å². The zero-order valence-corrected chi connectivity index (χ0v) is 14.0. The molecule has 0 bridgehead atoms. The summed E-state index contributed by atoms with van der Waals surface area (Å²) < 4.78 is 5.62. The van der Waals surface area contributed by atoms with E-state index in [-0.39, 0.29) is 6.10 Å². The first-order valence-electron chi connectivity index (χ1n) is 8.23. The van der Waals surface area contributed by atoms with E-state index >= 15 is 0 Å². The van der Waals surface area contributed by atoms with Crippen LogP contribution in [0.4, 0.5) is 0 Å².